The Morgan fingerprint density at radius 3 is 2.81 bits per heavy atom. The molecule has 1 aliphatic rings. The molecule has 1 aromatic carbocycles. The summed E-state index contributed by atoms with van der Waals surface area (Å²) < 4.78 is 0.443. The molecule has 1 aromatic rings. The Balaban J connectivity index is 2.35. The van der Waals surface area contributed by atoms with E-state index in [1.807, 2.05) is 0 Å². The summed E-state index contributed by atoms with van der Waals surface area (Å²) in [5.74, 6) is -0.675. The Morgan fingerprint density at radius 1 is 1.46 bits per heavy atom. The number of benzene rings is 1. The van der Waals surface area contributed by atoms with Crippen molar-refractivity contribution in [1.82, 2.24) is 10.2 Å². The highest BCUT2D eigenvalue weighted by molar-refractivity contribution is 9.10. The maximum atomic E-state index is 12.4. The molecule has 8 nitrogen and oxygen atoms in total. The third-order valence-corrected chi connectivity index (χ3v) is 4.78. The normalized spacial score (nSPS) is 16.9. The largest absolute Gasteiger partial charge is 0.374 e. The van der Waals surface area contributed by atoms with Gasteiger partial charge in [0.05, 0.1) is 10.5 Å². The molecule has 0 spiro atoms. The highest BCUT2D eigenvalue weighted by Gasteiger charge is 2.28. The Bertz CT molecular complexity index is 716. The second-order valence-corrected chi connectivity index (χ2v) is 7.10. The molecule has 1 atom stereocenters. The van der Waals surface area contributed by atoms with Crippen molar-refractivity contribution in [2.75, 3.05) is 30.8 Å². The SMILES string of the molecule is CCNC(=O)c1cc(Br)cc([N+](=O)[O-])c1N[C@@H]1CCCN(C(=O)CCl)C1. The first kappa shape index (κ1) is 20.4. The fourth-order valence-corrected chi connectivity index (χ4v) is 3.55. The van der Waals surface area contributed by atoms with Crippen LogP contribution in [0.2, 0.25) is 0 Å². The molecule has 2 amide bonds. The number of carbonyl (C=O) groups is 2. The van der Waals surface area contributed by atoms with Gasteiger partial charge in [-0.25, -0.2) is 0 Å². The number of likely N-dealkylation sites (tertiary alicyclic amines) is 1. The van der Waals surface area contributed by atoms with Gasteiger partial charge in [0.1, 0.15) is 11.6 Å². The minimum absolute atomic E-state index is 0.102. The number of nitrogens with one attached hydrogen (secondary N) is 2. The molecule has 142 valence electrons. The van der Waals surface area contributed by atoms with Crippen LogP contribution in [0, 0.1) is 10.1 Å². The van der Waals surface area contributed by atoms with Crippen molar-refractivity contribution in [1.29, 1.82) is 0 Å². The van der Waals surface area contributed by atoms with Gasteiger partial charge in [-0.05, 0) is 25.8 Å². The lowest BCUT2D eigenvalue weighted by Gasteiger charge is -2.33. The Labute approximate surface area is 164 Å². The molecule has 1 heterocycles. The Morgan fingerprint density at radius 2 is 2.19 bits per heavy atom. The van der Waals surface area contributed by atoms with E-state index >= 15 is 0 Å². The average molecular weight is 448 g/mol. The minimum atomic E-state index is -0.527. The van der Waals surface area contributed by atoms with Gasteiger partial charge in [-0.15, -0.1) is 11.6 Å². The fourth-order valence-electron chi connectivity index (χ4n) is 2.93. The van der Waals surface area contributed by atoms with E-state index in [1.165, 1.54) is 6.07 Å². The second-order valence-electron chi connectivity index (χ2n) is 5.92. The molecule has 10 heteroatoms. The molecule has 0 saturated carbocycles. The lowest BCUT2D eigenvalue weighted by molar-refractivity contribution is -0.384. The molecule has 0 unspecified atom stereocenters. The van der Waals surface area contributed by atoms with Crippen molar-refractivity contribution in [3.8, 4) is 0 Å². The number of alkyl halides is 1. The van der Waals surface area contributed by atoms with Gasteiger partial charge >= 0.3 is 0 Å². The monoisotopic (exact) mass is 446 g/mol. The van der Waals surface area contributed by atoms with Gasteiger partial charge in [0, 0.05) is 36.2 Å². The zero-order valence-electron chi connectivity index (χ0n) is 14.3. The van der Waals surface area contributed by atoms with E-state index in [0.717, 1.165) is 12.8 Å². The molecule has 0 bridgehead atoms. The number of nitro groups is 1. The quantitative estimate of drug-likeness (QED) is 0.396. The van der Waals surface area contributed by atoms with Crippen LogP contribution in [0.5, 0.6) is 0 Å². The lowest BCUT2D eigenvalue weighted by atomic mass is 10.0. The predicted octanol–water partition coefficient (Wildman–Crippen LogP) is 2.75. The number of amides is 2. The van der Waals surface area contributed by atoms with Crippen molar-refractivity contribution in [3.63, 3.8) is 0 Å². The molecule has 26 heavy (non-hydrogen) atoms. The number of hydrogen-bond acceptors (Lipinski definition) is 5. The van der Waals surface area contributed by atoms with Crippen LogP contribution in [0.4, 0.5) is 11.4 Å². The summed E-state index contributed by atoms with van der Waals surface area (Å²) in [4.78, 5) is 36.8. The maximum absolute atomic E-state index is 12.4. The van der Waals surface area contributed by atoms with Crippen LogP contribution in [0.25, 0.3) is 0 Å². The van der Waals surface area contributed by atoms with Crippen LogP contribution in [-0.2, 0) is 4.79 Å². The van der Waals surface area contributed by atoms with E-state index in [9.17, 15) is 19.7 Å². The van der Waals surface area contributed by atoms with Crippen LogP contribution in [0.3, 0.4) is 0 Å². The van der Waals surface area contributed by atoms with E-state index in [-0.39, 0.29) is 34.8 Å². The van der Waals surface area contributed by atoms with Gasteiger partial charge in [-0.3, -0.25) is 19.7 Å². The zero-order chi connectivity index (χ0) is 19.3. The lowest BCUT2D eigenvalue weighted by Crippen LogP contribution is -2.45. The Hall–Kier alpha value is -1.87. The van der Waals surface area contributed by atoms with Crippen LogP contribution < -0.4 is 10.6 Å². The predicted molar refractivity (Wildman–Crippen MR) is 103 cm³/mol. The summed E-state index contributed by atoms with van der Waals surface area (Å²) in [7, 11) is 0. The molecule has 2 N–H and O–H groups in total. The van der Waals surface area contributed by atoms with Gasteiger partial charge in [-0.2, -0.15) is 0 Å². The summed E-state index contributed by atoms with van der Waals surface area (Å²) in [5.41, 5.74) is 0.157. The number of hydrogen-bond donors (Lipinski definition) is 2. The summed E-state index contributed by atoms with van der Waals surface area (Å²) in [5, 5.41) is 17.3. The van der Waals surface area contributed by atoms with E-state index in [1.54, 1.807) is 17.9 Å². The van der Waals surface area contributed by atoms with E-state index in [4.69, 9.17) is 11.6 Å². The average Bonchev–Trinajstić information content (AvgIpc) is 2.62. The van der Waals surface area contributed by atoms with Crippen LogP contribution in [-0.4, -0.2) is 53.2 Å². The number of rotatable bonds is 6. The van der Waals surface area contributed by atoms with Crippen LogP contribution in [0.15, 0.2) is 16.6 Å². The standard InChI is InChI=1S/C16H20BrClN4O4/c1-2-19-16(24)12-6-10(17)7-13(22(25)26)15(12)20-11-4-3-5-21(9-11)14(23)8-18/h6-7,11,20H,2-5,8-9H2,1H3,(H,19,24)/t11-/m1/s1. The molecule has 0 aromatic heterocycles. The number of carbonyl (C=O) groups excluding carboxylic acids is 2. The number of nitrogens with zero attached hydrogens (tertiary/aromatic N) is 2. The fraction of sp³-hybridized carbons (Fsp3) is 0.500. The van der Waals surface area contributed by atoms with Crippen molar-refractivity contribution in [2.45, 2.75) is 25.8 Å². The number of halogens is 2. The third-order valence-electron chi connectivity index (χ3n) is 4.10. The molecule has 1 saturated heterocycles. The topological polar surface area (TPSA) is 105 Å². The second kappa shape index (κ2) is 9.18. The zero-order valence-corrected chi connectivity index (χ0v) is 16.6. The minimum Gasteiger partial charge on any atom is -0.374 e. The van der Waals surface area contributed by atoms with Gasteiger partial charge in [0.15, 0.2) is 0 Å². The summed E-state index contributed by atoms with van der Waals surface area (Å²) in [6.07, 6.45) is 1.48. The highest BCUT2D eigenvalue weighted by Crippen LogP contribution is 2.34. The van der Waals surface area contributed by atoms with Gasteiger partial charge in [-0.1, -0.05) is 15.9 Å². The Kier molecular flexibility index (Phi) is 7.22. The third kappa shape index (κ3) is 4.85. The maximum Gasteiger partial charge on any atom is 0.294 e. The molecule has 2 rings (SSSR count). The molecular weight excluding hydrogens is 428 g/mol. The van der Waals surface area contributed by atoms with Gasteiger partial charge in [0.25, 0.3) is 11.6 Å². The summed E-state index contributed by atoms with van der Waals surface area (Å²) >= 11 is 8.84. The van der Waals surface area contributed by atoms with Crippen molar-refractivity contribution >= 4 is 50.7 Å². The summed E-state index contributed by atoms with van der Waals surface area (Å²) in [6, 6.07) is 2.70. The van der Waals surface area contributed by atoms with Crippen LogP contribution >= 0.6 is 27.5 Å². The van der Waals surface area contributed by atoms with Gasteiger partial charge in [0.2, 0.25) is 5.91 Å². The molecule has 1 fully saturated rings. The van der Waals surface area contributed by atoms with Crippen molar-refractivity contribution in [2.24, 2.45) is 0 Å². The van der Waals surface area contributed by atoms with Crippen molar-refractivity contribution in [3.05, 3.63) is 32.3 Å². The number of nitro benzene ring substituents is 1. The number of piperidine rings is 1. The molecular formula is C16H20BrClN4O4. The van der Waals surface area contributed by atoms with E-state index in [0.29, 0.717) is 24.1 Å². The first-order chi connectivity index (χ1) is 12.4. The molecule has 1 aliphatic heterocycles. The van der Waals surface area contributed by atoms with E-state index in [2.05, 4.69) is 26.6 Å². The first-order valence-corrected chi connectivity index (χ1v) is 9.56. The highest BCUT2D eigenvalue weighted by atomic mass is 79.9. The van der Waals surface area contributed by atoms with Gasteiger partial charge < -0.3 is 15.5 Å². The van der Waals surface area contributed by atoms with Crippen molar-refractivity contribution < 1.29 is 14.5 Å². The smallest absolute Gasteiger partial charge is 0.294 e. The first-order valence-electron chi connectivity index (χ1n) is 8.23. The molecule has 0 radical (unpaired) electrons. The molecule has 0 aliphatic carbocycles. The van der Waals surface area contributed by atoms with Crippen LogP contribution in [0.1, 0.15) is 30.1 Å². The summed E-state index contributed by atoms with van der Waals surface area (Å²) in [6.45, 7) is 3.16. The number of anilines is 1. The van der Waals surface area contributed by atoms with E-state index < -0.39 is 10.8 Å².